The van der Waals surface area contributed by atoms with Gasteiger partial charge in [0.2, 0.25) is 11.8 Å². The van der Waals surface area contributed by atoms with Crippen molar-refractivity contribution in [2.45, 2.75) is 38.6 Å². The summed E-state index contributed by atoms with van der Waals surface area (Å²) < 4.78 is 5.31. The highest BCUT2D eigenvalue weighted by Gasteiger charge is 2.44. The fraction of sp³-hybridized carbons (Fsp3) is 0.833. The SMILES string of the molecule is C[C@H](C(=O)N1CCOCC1)N1CCN(C(=O)C2(C#N)CCCC2)CC1. The first kappa shape index (κ1) is 18.2. The van der Waals surface area contributed by atoms with E-state index in [1.54, 1.807) is 0 Å². The van der Waals surface area contributed by atoms with Gasteiger partial charge in [-0.15, -0.1) is 0 Å². The number of ether oxygens (including phenoxy) is 1. The molecule has 1 aliphatic carbocycles. The molecule has 1 atom stereocenters. The number of carbonyl (C=O) groups is 2. The molecule has 0 radical (unpaired) electrons. The van der Waals surface area contributed by atoms with Crippen molar-refractivity contribution in [1.29, 1.82) is 5.26 Å². The zero-order valence-electron chi connectivity index (χ0n) is 15.1. The minimum atomic E-state index is -0.794. The zero-order chi connectivity index (χ0) is 17.9. The summed E-state index contributed by atoms with van der Waals surface area (Å²) in [4.78, 5) is 31.3. The van der Waals surface area contributed by atoms with E-state index in [1.165, 1.54) is 0 Å². The van der Waals surface area contributed by atoms with E-state index in [0.717, 1.165) is 12.8 Å². The molecule has 7 heteroatoms. The number of piperazine rings is 1. The summed E-state index contributed by atoms with van der Waals surface area (Å²) in [6.07, 6.45) is 3.30. The van der Waals surface area contributed by atoms with Crippen molar-refractivity contribution in [2.75, 3.05) is 52.5 Å². The smallest absolute Gasteiger partial charge is 0.243 e. The van der Waals surface area contributed by atoms with Crippen molar-refractivity contribution < 1.29 is 14.3 Å². The van der Waals surface area contributed by atoms with Crippen molar-refractivity contribution in [2.24, 2.45) is 5.41 Å². The molecule has 3 rings (SSSR count). The van der Waals surface area contributed by atoms with Gasteiger partial charge in [0.25, 0.3) is 0 Å². The Kier molecular flexibility index (Phi) is 5.60. The van der Waals surface area contributed by atoms with Gasteiger partial charge in [-0.2, -0.15) is 5.26 Å². The Morgan fingerprint density at radius 3 is 2.16 bits per heavy atom. The van der Waals surface area contributed by atoms with Crippen LogP contribution >= 0.6 is 0 Å². The van der Waals surface area contributed by atoms with Crippen molar-refractivity contribution in [3.63, 3.8) is 0 Å². The third-order valence-electron chi connectivity index (χ3n) is 5.91. The number of amides is 2. The molecule has 2 heterocycles. The van der Waals surface area contributed by atoms with Gasteiger partial charge in [0.1, 0.15) is 5.41 Å². The molecule has 0 unspecified atom stereocenters. The highest BCUT2D eigenvalue weighted by Crippen LogP contribution is 2.39. The molecule has 2 aliphatic heterocycles. The second kappa shape index (κ2) is 7.71. The lowest BCUT2D eigenvalue weighted by molar-refractivity contribution is -0.144. The molecule has 2 saturated heterocycles. The second-order valence-electron chi connectivity index (χ2n) is 7.34. The van der Waals surface area contributed by atoms with E-state index in [2.05, 4.69) is 11.0 Å². The Hall–Kier alpha value is -1.65. The summed E-state index contributed by atoms with van der Waals surface area (Å²) in [5, 5.41) is 9.51. The maximum absolute atomic E-state index is 12.8. The van der Waals surface area contributed by atoms with Gasteiger partial charge in [0.05, 0.1) is 25.3 Å². The number of nitrogens with zero attached hydrogens (tertiary/aromatic N) is 4. The van der Waals surface area contributed by atoms with E-state index in [4.69, 9.17) is 4.74 Å². The first-order valence-corrected chi connectivity index (χ1v) is 9.39. The van der Waals surface area contributed by atoms with Gasteiger partial charge >= 0.3 is 0 Å². The molecule has 0 aromatic rings. The van der Waals surface area contributed by atoms with E-state index in [-0.39, 0.29) is 17.9 Å². The molecule has 1 saturated carbocycles. The Labute approximate surface area is 149 Å². The first-order chi connectivity index (χ1) is 12.1. The van der Waals surface area contributed by atoms with Crippen molar-refractivity contribution >= 4 is 11.8 Å². The lowest BCUT2D eigenvalue weighted by atomic mass is 9.86. The lowest BCUT2D eigenvalue weighted by Gasteiger charge is -2.41. The largest absolute Gasteiger partial charge is 0.378 e. The monoisotopic (exact) mass is 348 g/mol. The molecule has 0 bridgehead atoms. The standard InChI is InChI=1S/C18H28N4O3/c1-15(16(23)21-10-12-25-13-11-21)20-6-8-22(9-7-20)17(24)18(14-19)4-2-3-5-18/h15H,2-13H2,1H3/t15-/m1/s1. The van der Waals surface area contributed by atoms with Gasteiger partial charge in [-0.25, -0.2) is 0 Å². The van der Waals surface area contributed by atoms with Gasteiger partial charge < -0.3 is 14.5 Å². The molecule has 0 aromatic heterocycles. The van der Waals surface area contributed by atoms with Crippen LogP contribution in [0.4, 0.5) is 0 Å². The van der Waals surface area contributed by atoms with Crippen molar-refractivity contribution in [3.8, 4) is 6.07 Å². The van der Waals surface area contributed by atoms with E-state index >= 15 is 0 Å². The second-order valence-corrected chi connectivity index (χ2v) is 7.34. The highest BCUT2D eigenvalue weighted by molar-refractivity contribution is 5.86. The fourth-order valence-electron chi connectivity index (χ4n) is 4.17. The van der Waals surface area contributed by atoms with Gasteiger partial charge in [0, 0.05) is 39.3 Å². The minimum Gasteiger partial charge on any atom is -0.378 e. The van der Waals surface area contributed by atoms with Crippen LogP contribution in [0.3, 0.4) is 0 Å². The van der Waals surface area contributed by atoms with Gasteiger partial charge in [-0.05, 0) is 19.8 Å². The first-order valence-electron chi connectivity index (χ1n) is 9.39. The summed E-state index contributed by atoms with van der Waals surface area (Å²) in [5.74, 6) is 0.145. The van der Waals surface area contributed by atoms with Crippen molar-refractivity contribution in [1.82, 2.24) is 14.7 Å². The average Bonchev–Trinajstić information content (AvgIpc) is 3.17. The van der Waals surface area contributed by atoms with Crippen LogP contribution in [0.25, 0.3) is 0 Å². The number of carbonyl (C=O) groups excluding carboxylic acids is 2. The molecular formula is C18H28N4O3. The van der Waals surface area contributed by atoms with Crippen LogP contribution in [0.1, 0.15) is 32.6 Å². The Bertz CT molecular complexity index is 539. The summed E-state index contributed by atoms with van der Waals surface area (Å²) in [7, 11) is 0. The Balaban J connectivity index is 1.53. The molecule has 3 fully saturated rings. The van der Waals surface area contributed by atoms with Crippen LogP contribution in [-0.4, -0.2) is 85.0 Å². The maximum atomic E-state index is 12.8. The number of rotatable bonds is 3. The van der Waals surface area contributed by atoms with Crippen LogP contribution < -0.4 is 0 Å². The maximum Gasteiger partial charge on any atom is 0.243 e. The van der Waals surface area contributed by atoms with E-state index in [9.17, 15) is 14.9 Å². The fourth-order valence-corrected chi connectivity index (χ4v) is 4.17. The Morgan fingerprint density at radius 1 is 1.00 bits per heavy atom. The van der Waals surface area contributed by atoms with Crippen LogP contribution in [0.5, 0.6) is 0 Å². The minimum absolute atomic E-state index is 0.000640. The molecule has 3 aliphatic rings. The van der Waals surface area contributed by atoms with Crippen LogP contribution in [0, 0.1) is 16.7 Å². The number of morpholine rings is 1. The third-order valence-corrected chi connectivity index (χ3v) is 5.91. The molecule has 138 valence electrons. The third kappa shape index (κ3) is 3.65. The van der Waals surface area contributed by atoms with Gasteiger partial charge in [-0.3, -0.25) is 14.5 Å². The van der Waals surface area contributed by atoms with E-state index < -0.39 is 5.41 Å². The Morgan fingerprint density at radius 2 is 1.60 bits per heavy atom. The molecular weight excluding hydrogens is 320 g/mol. The average molecular weight is 348 g/mol. The summed E-state index contributed by atoms with van der Waals surface area (Å²) in [5.41, 5.74) is -0.794. The van der Waals surface area contributed by atoms with Gasteiger partial charge in [-0.1, -0.05) is 12.8 Å². The predicted octanol–water partition coefficient (Wildman–Crippen LogP) is 0.462. The summed E-state index contributed by atoms with van der Waals surface area (Å²) in [6, 6.07) is 2.12. The number of hydrogen-bond donors (Lipinski definition) is 0. The van der Waals surface area contributed by atoms with Gasteiger partial charge in [0.15, 0.2) is 0 Å². The number of hydrogen-bond acceptors (Lipinski definition) is 5. The highest BCUT2D eigenvalue weighted by atomic mass is 16.5. The quantitative estimate of drug-likeness (QED) is 0.741. The summed E-state index contributed by atoms with van der Waals surface area (Å²) >= 11 is 0. The molecule has 7 nitrogen and oxygen atoms in total. The topological polar surface area (TPSA) is 76.9 Å². The zero-order valence-corrected chi connectivity index (χ0v) is 15.1. The van der Waals surface area contributed by atoms with Crippen LogP contribution in [-0.2, 0) is 14.3 Å². The molecule has 25 heavy (non-hydrogen) atoms. The lowest BCUT2D eigenvalue weighted by Crippen LogP contribution is -2.58. The molecule has 0 N–H and O–H groups in total. The molecule has 0 aromatic carbocycles. The predicted molar refractivity (Wildman–Crippen MR) is 91.5 cm³/mol. The molecule has 0 spiro atoms. The normalized spacial score (nSPS) is 25.4. The van der Waals surface area contributed by atoms with E-state index in [1.807, 2.05) is 16.7 Å². The van der Waals surface area contributed by atoms with E-state index in [0.29, 0.717) is 65.3 Å². The van der Waals surface area contributed by atoms with Crippen LogP contribution in [0.2, 0.25) is 0 Å². The number of nitriles is 1. The molecule has 2 amide bonds. The van der Waals surface area contributed by atoms with Crippen LogP contribution in [0.15, 0.2) is 0 Å². The van der Waals surface area contributed by atoms with Crippen molar-refractivity contribution in [3.05, 3.63) is 0 Å². The summed E-state index contributed by atoms with van der Waals surface area (Å²) in [6.45, 7) is 7.05.